The predicted molar refractivity (Wildman–Crippen MR) is 96.9 cm³/mol. The summed E-state index contributed by atoms with van der Waals surface area (Å²) < 4.78 is 24.2. The van der Waals surface area contributed by atoms with Crippen molar-refractivity contribution in [3.05, 3.63) is 59.4 Å². The van der Waals surface area contributed by atoms with Crippen LogP contribution in [0, 0.1) is 12.7 Å². The SMILES string of the molecule is CCOC(=O)c1ccc(C)c(NC(=O)[C@@H](CC)Oc2ccccc2F)c1. The molecule has 0 radical (unpaired) electrons. The van der Waals surface area contributed by atoms with Crippen LogP contribution in [0.2, 0.25) is 0 Å². The van der Waals surface area contributed by atoms with E-state index in [9.17, 15) is 14.0 Å². The Morgan fingerprint density at radius 3 is 2.54 bits per heavy atom. The van der Waals surface area contributed by atoms with Gasteiger partial charge in [-0.3, -0.25) is 4.79 Å². The van der Waals surface area contributed by atoms with Crippen molar-refractivity contribution in [1.29, 1.82) is 0 Å². The van der Waals surface area contributed by atoms with Crippen LogP contribution in [0.5, 0.6) is 5.75 Å². The number of hydrogen-bond acceptors (Lipinski definition) is 4. The summed E-state index contributed by atoms with van der Waals surface area (Å²) in [5.74, 6) is -1.39. The maximum atomic E-state index is 13.7. The Balaban J connectivity index is 2.15. The van der Waals surface area contributed by atoms with Crippen molar-refractivity contribution in [1.82, 2.24) is 0 Å². The minimum Gasteiger partial charge on any atom is -0.478 e. The zero-order chi connectivity index (χ0) is 19.1. The quantitative estimate of drug-likeness (QED) is 0.756. The third-order valence-electron chi connectivity index (χ3n) is 3.78. The molecule has 1 amide bonds. The van der Waals surface area contributed by atoms with Crippen LogP contribution in [0.3, 0.4) is 0 Å². The number of carbonyl (C=O) groups excluding carboxylic acids is 2. The van der Waals surface area contributed by atoms with Crippen LogP contribution in [0.25, 0.3) is 0 Å². The summed E-state index contributed by atoms with van der Waals surface area (Å²) in [6, 6.07) is 10.8. The second-order valence-electron chi connectivity index (χ2n) is 5.68. The molecular weight excluding hydrogens is 337 g/mol. The van der Waals surface area contributed by atoms with Gasteiger partial charge in [-0.05, 0) is 50.1 Å². The Kier molecular flexibility index (Phi) is 6.72. The fourth-order valence-electron chi connectivity index (χ4n) is 2.33. The van der Waals surface area contributed by atoms with Gasteiger partial charge in [-0.2, -0.15) is 0 Å². The number of carbonyl (C=O) groups is 2. The number of ether oxygens (including phenoxy) is 2. The molecule has 0 fully saturated rings. The van der Waals surface area contributed by atoms with E-state index < -0.39 is 23.8 Å². The van der Waals surface area contributed by atoms with E-state index in [0.717, 1.165) is 5.56 Å². The summed E-state index contributed by atoms with van der Waals surface area (Å²) >= 11 is 0. The molecule has 0 heterocycles. The molecule has 2 aromatic rings. The summed E-state index contributed by atoms with van der Waals surface area (Å²) in [6.07, 6.45) is -0.505. The first-order valence-corrected chi connectivity index (χ1v) is 8.46. The highest BCUT2D eigenvalue weighted by molar-refractivity contribution is 5.97. The molecule has 0 bridgehead atoms. The molecule has 2 aromatic carbocycles. The van der Waals surface area contributed by atoms with E-state index in [2.05, 4.69) is 5.32 Å². The zero-order valence-electron chi connectivity index (χ0n) is 15.0. The number of para-hydroxylation sites is 1. The lowest BCUT2D eigenvalue weighted by atomic mass is 10.1. The molecule has 0 aliphatic carbocycles. The number of benzene rings is 2. The minimum absolute atomic E-state index is 0.0199. The molecule has 0 spiro atoms. The molecule has 1 N–H and O–H groups in total. The van der Waals surface area contributed by atoms with Gasteiger partial charge in [-0.25, -0.2) is 9.18 Å². The van der Waals surface area contributed by atoms with E-state index in [0.29, 0.717) is 17.7 Å². The van der Waals surface area contributed by atoms with Gasteiger partial charge < -0.3 is 14.8 Å². The van der Waals surface area contributed by atoms with Crippen LogP contribution < -0.4 is 10.1 Å². The average Bonchev–Trinajstić information content (AvgIpc) is 2.63. The lowest BCUT2D eigenvalue weighted by Crippen LogP contribution is -2.33. The molecule has 2 rings (SSSR count). The molecule has 0 aromatic heterocycles. The topological polar surface area (TPSA) is 64.6 Å². The fraction of sp³-hybridized carbons (Fsp3) is 0.300. The highest BCUT2D eigenvalue weighted by Gasteiger charge is 2.21. The van der Waals surface area contributed by atoms with Crippen molar-refractivity contribution >= 4 is 17.6 Å². The van der Waals surface area contributed by atoms with E-state index >= 15 is 0 Å². The van der Waals surface area contributed by atoms with E-state index in [4.69, 9.17) is 9.47 Å². The first kappa shape index (κ1) is 19.4. The number of aryl methyl sites for hydroxylation is 1. The largest absolute Gasteiger partial charge is 0.478 e. The summed E-state index contributed by atoms with van der Waals surface area (Å²) in [4.78, 5) is 24.4. The van der Waals surface area contributed by atoms with E-state index in [-0.39, 0.29) is 12.4 Å². The van der Waals surface area contributed by atoms with E-state index in [1.165, 1.54) is 12.1 Å². The van der Waals surface area contributed by atoms with E-state index in [1.54, 1.807) is 44.2 Å². The second kappa shape index (κ2) is 8.99. The molecule has 26 heavy (non-hydrogen) atoms. The smallest absolute Gasteiger partial charge is 0.338 e. The number of nitrogens with one attached hydrogen (secondary N) is 1. The van der Waals surface area contributed by atoms with Crippen LogP contribution in [0.15, 0.2) is 42.5 Å². The maximum absolute atomic E-state index is 13.7. The molecular formula is C20H22FNO4. The summed E-state index contributed by atoms with van der Waals surface area (Å²) in [5, 5.41) is 2.74. The normalized spacial score (nSPS) is 11.5. The first-order valence-electron chi connectivity index (χ1n) is 8.46. The Bertz CT molecular complexity index is 791. The monoisotopic (exact) mass is 359 g/mol. The maximum Gasteiger partial charge on any atom is 0.338 e. The lowest BCUT2D eigenvalue weighted by Gasteiger charge is -2.18. The van der Waals surface area contributed by atoms with Gasteiger partial charge in [0.1, 0.15) is 0 Å². The first-order chi connectivity index (χ1) is 12.5. The second-order valence-corrected chi connectivity index (χ2v) is 5.68. The molecule has 138 valence electrons. The average molecular weight is 359 g/mol. The number of halogens is 1. The van der Waals surface area contributed by atoms with Gasteiger partial charge in [0, 0.05) is 5.69 Å². The third-order valence-corrected chi connectivity index (χ3v) is 3.78. The van der Waals surface area contributed by atoms with Crippen LogP contribution in [-0.2, 0) is 9.53 Å². The molecule has 0 saturated carbocycles. The Hall–Kier alpha value is -2.89. The molecule has 5 nitrogen and oxygen atoms in total. The van der Waals surface area contributed by atoms with Crippen LogP contribution in [-0.4, -0.2) is 24.6 Å². The van der Waals surface area contributed by atoms with Crippen molar-refractivity contribution < 1.29 is 23.5 Å². The molecule has 0 saturated heterocycles. The molecule has 0 unspecified atom stereocenters. The van der Waals surface area contributed by atoms with Crippen molar-refractivity contribution in [2.24, 2.45) is 0 Å². The number of amides is 1. The van der Waals surface area contributed by atoms with Gasteiger partial charge in [0.05, 0.1) is 12.2 Å². The van der Waals surface area contributed by atoms with Gasteiger partial charge in [-0.15, -0.1) is 0 Å². The Labute approximate surface area is 152 Å². The molecule has 6 heteroatoms. The molecule has 0 aliphatic rings. The highest BCUT2D eigenvalue weighted by Crippen LogP contribution is 2.21. The van der Waals surface area contributed by atoms with Gasteiger partial charge in [0.2, 0.25) is 0 Å². The zero-order valence-corrected chi connectivity index (χ0v) is 15.0. The van der Waals surface area contributed by atoms with E-state index in [1.807, 2.05) is 6.92 Å². The van der Waals surface area contributed by atoms with Crippen LogP contribution in [0.4, 0.5) is 10.1 Å². The third kappa shape index (κ3) is 4.81. The van der Waals surface area contributed by atoms with Crippen molar-refractivity contribution in [3.8, 4) is 5.75 Å². The minimum atomic E-state index is -0.863. The molecule has 0 aliphatic heterocycles. The molecule has 1 atom stereocenters. The predicted octanol–water partition coefficient (Wildman–Crippen LogP) is 4.11. The standard InChI is InChI=1S/C20H22FNO4/c1-4-17(26-18-9-7-6-8-15(18)21)19(23)22-16-12-14(11-10-13(16)3)20(24)25-5-2/h6-12,17H,4-5H2,1-3H3,(H,22,23)/t17-/m1/s1. The van der Waals surface area contributed by atoms with Crippen molar-refractivity contribution in [2.45, 2.75) is 33.3 Å². The van der Waals surface area contributed by atoms with Gasteiger partial charge >= 0.3 is 5.97 Å². The number of esters is 1. The summed E-state index contributed by atoms with van der Waals surface area (Å²) in [5.41, 5.74) is 1.61. The summed E-state index contributed by atoms with van der Waals surface area (Å²) in [6.45, 7) is 5.57. The van der Waals surface area contributed by atoms with Crippen molar-refractivity contribution in [2.75, 3.05) is 11.9 Å². The number of rotatable bonds is 7. The highest BCUT2D eigenvalue weighted by atomic mass is 19.1. The van der Waals surface area contributed by atoms with Crippen LogP contribution >= 0.6 is 0 Å². The lowest BCUT2D eigenvalue weighted by molar-refractivity contribution is -0.122. The Morgan fingerprint density at radius 2 is 1.88 bits per heavy atom. The number of hydrogen-bond donors (Lipinski definition) is 1. The van der Waals surface area contributed by atoms with Gasteiger partial charge in [-0.1, -0.05) is 25.1 Å². The van der Waals surface area contributed by atoms with Crippen molar-refractivity contribution in [3.63, 3.8) is 0 Å². The van der Waals surface area contributed by atoms with Crippen LogP contribution in [0.1, 0.15) is 36.2 Å². The van der Waals surface area contributed by atoms with Gasteiger partial charge in [0.15, 0.2) is 17.7 Å². The Morgan fingerprint density at radius 1 is 1.15 bits per heavy atom. The fourth-order valence-corrected chi connectivity index (χ4v) is 2.33. The number of anilines is 1. The summed E-state index contributed by atoms with van der Waals surface area (Å²) in [7, 11) is 0. The van der Waals surface area contributed by atoms with Gasteiger partial charge in [0.25, 0.3) is 5.91 Å².